The summed E-state index contributed by atoms with van der Waals surface area (Å²) in [4.78, 5) is 2.20. The fourth-order valence-electron chi connectivity index (χ4n) is 2.14. The quantitative estimate of drug-likeness (QED) is 0.520. The van der Waals surface area contributed by atoms with Crippen LogP contribution in [0.15, 0.2) is 0 Å². The standard InChI is InChI=1S/C10H18N2O/c11-10(12-5-1-2-6-12)8-9-4-3-7-13-9/h9,11H,1-8H2. The minimum Gasteiger partial charge on any atom is -0.378 e. The predicted octanol–water partition coefficient (Wildman–Crippen LogP) is 1.63. The van der Waals surface area contributed by atoms with Gasteiger partial charge in [0.15, 0.2) is 0 Å². The molecule has 2 saturated heterocycles. The molecule has 0 amide bonds. The van der Waals surface area contributed by atoms with E-state index in [4.69, 9.17) is 10.1 Å². The molecule has 2 fully saturated rings. The van der Waals surface area contributed by atoms with E-state index in [0.29, 0.717) is 6.10 Å². The van der Waals surface area contributed by atoms with Crippen molar-refractivity contribution in [3.05, 3.63) is 0 Å². The van der Waals surface area contributed by atoms with E-state index in [1.54, 1.807) is 0 Å². The van der Waals surface area contributed by atoms with Crippen molar-refractivity contribution in [3.63, 3.8) is 0 Å². The van der Waals surface area contributed by atoms with Crippen molar-refractivity contribution >= 4 is 5.84 Å². The van der Waals surface area contributed by atoms with Gasteiger partial charge in [0.25, 0.3) is 0 Å². The molecule has 3 heteroatoms. The molecule has 1 unspecified atom stereocenters. The molecular formula is C10H18N2O. The zero-order valence-corrected chi connectivity index (χ0v) is 8.09. The number of amidine groups is 1. The fourth-order valence-corrected chi connectivity index (χ4v) is 2.14. The minimum atomic E-state index is 0.341. The zero-order valence-electron chi connectivity index (χ0n) is 8.09. The largest absolute Gasteiger partial charge is 0.378 e. The van der Waals surface area contributed by atoms with Gasteiger partial charge >= 0.3 is 0 Å². The van der Waals surface area contributed by atoms with Crippen molar-refractivity contribution in [3.8, 4) is 0 Å². The van der Waals surface area contributed by atoms with Gasteiger partial charge in [-0.2, -0.15) is 0 Å². The van der Waals surface area contributed by atoms with Gasteiger partial charge in [0.2, 0.25) is 0 Å². The van der Waals surface area contributed by atoms with E-state index in [1.807, 2.05) is 0 Å². The van der Waals surface area contributed by atoms with Crippen molar-refractivity contribution in [2.45, 2.75) is 38.2 Å². The van der Waals surface area contributed by atoms with Crippen LogP contribution in [0.2, 0.25) is 0 Å². The molecule has 3 nitrogen and oxygen atoms in total. The van der Waals surface area contributed by atoms with Crippen LogP contribution in [-0.4, -0.2) is 36.5 Å². The Kier molecular flexibility index (Phi) is 2.83. The third-order valence-corrected chi connectivity index (χ3v) is 2.93. The summed E-state index contributed by atoms with van der Waals surface area (Å²) in [5, 5.41) is 7.90. The SMILES string of the molecule is N=C(CC1CCCO1)N1CCCC1. The van der Waals surface area contributed by atoms with Crippen LogP contribution in [0.1, 0.15) is 32.1 Å². The third-order valence-electron chi connectivity index (χ3n) is 2.93. The summed E-state index contributed by atoms with van der Waals surface area (Å²) in [6.45, 7) is 3.08. The Morgan fingerprint density at radius 1 is 1.31 bits per heavy atom. The lowest BCUT2D eigenvalue weighted by molar-refractivity contribution is 0.114. The molecule has 0 aliphatic carbocycles. The van der Waals surface area contributed by atoms with Crippen molar-refractivity contribution in [2.24, 2.45) is 0 Å². The molecule has 1 atom stereocenters. The Labute approximate surface area is 79.6 Å². The minimum absolute atomic E-state index is 0.341. The highest BCUT2D eigenvalue weighted by atomic mass is 16.5. The summed E-state index contributed by atoms with van der Waals surface area (Å²) in [6.07, 6.45) is 6.02. The average Bonchev–Trinajstić information content (AvgIpc) is 2.74. The second-order valence-electron chi connectivity index (χ2n) is 3.98. The van der Waals surface area contributed by atoms with Crippen molar-refractivity contribution in [1.82, 2.24) is 4.90 Å². The van der Waals surface area contributed by atoms with Crippen molar-refractivity contribution in [2.75, 3.05) is 19.7 Å². The van der Waals surface area contributed by atoms with E-state index in [-0.39, 0.29) is 0 Å². The van der Waals surface area contributed by atoms with Gasteiger partial charge in [-0.15, -0.1) is 0 Å². The van der Waals surface area contributed by atoms with E-state index >= 15 is 0 Å². The molecule has 0 radical (unpaired) electrons. The number of hydrogen-bond donors (Lipinski definition) is 1. The molecule has 0 spiro atoms. The second-order valence-corrected chi connectivity index (χ2v) is 3.98. The van der Waals surface area contributed by atoms with Crippen molar-refractivity contribution in [1.29, 1.82) is 5.41 Å². The fraction of sp³-hybridized carbons (Fsp3) is 0.900. The smallest absolute Gasteiger partial charge is 0.0983 e. The summed E-state index contributed by atoms with van der Waals surface area (Å²) < 4.78 is 5.52. The van der Waals surface area contributed by atoms with Gasteiger partial charge in [-0.25, -0.2) is 0 Å². The van der Waals surface area contributed by atoms with Gasteiger partial charge in [0, 0.05) is 26.1 Å². The number of rotatable bonds is 2. The highest BCUT2D eigenvalue weighted by molar-refractivity contribution is 5.79. The van der Waals surface area contributed by atoms with Crippen LogP contribution in [0.25, 0.3) is 0 Å². The van der Waals surface area contributed by atoms with Gasteiger partial charge in [0.1, 0.15) is 0 Å². The second kappa shape index (κ2) is 4.09. The van der Waals surface area contributed by atoms with Crippen LogP contribution < -0.4 is 0 Å². The number of likely N-dealkylation sites (tertiary alicyclic amines) is 1. The molecule has 13 heavy (non-hydrogen) atoms. The maximum atomic E-state index is 7.90. The normalized spacial score (nSPS) is 28.3. The number of nitrogens with one attached hydrogen (secondary N) is 1. The molecule has 2 rings (SSSR count). The molecule has 0 aromatic carbocycles. The highest BCUT2D eigenvalue weighted by Gasteiger charge is 2.21. The Morgan fingerprint density at radius 2 is 2.08 bits per heavy atom. The van der Waals surface area contributed by atoms with Gasteiger partial charge in [-0.3, -0.25) is 5.41 Å². The number of ether oxygens (including phenoxy) is 1. The average molecular weight is 182 g/mol. The summed E-state index contributed by atoms with van der Waals surface area (Å²) in [6, 6.07) is 0. The van der Waals surface area contributed by atoms with Gasteiger partial charge in [-0.05, 0) is 25.7 Å². The van der Waals surface area contributed by atoms with E-state index in [9.17, 15) is 0 Å². The first-order valence-electron chi connectivity index (χ1n) is 5.30. The van der Waals surface area contributed by atoms with Crippen LogP contribution >= 0.6 is 0 Å². The maximum absolute atomic E-state index is 7.90. The van der Waals surface area contributed by atoms with E-state index in [0.717, 1.165) is 38.4 Å². The van der Waals surface area contributed by atoms with Gasteiger partial charge in [0.05, 0.1) is 11.9 Å². The molecule has 2 aliphatic rings. The Hall–Kier alpha value is -0.570. The molecule has 2 aliphatic heterocycles. The Bertz CT molecular complexity index is 181. The topological polar surface area (TPSA) is 36.3 Å². The third kappa shape index (κ3) is 2.21. The Morgan fingerprint density at radius 3 is 2.69 bits per heavy atom. The summed E-state index contributed by atoms with van der Waals surface area (Å²) in [5.41, 5.74) is 0. The predicted molar refractivity (Wildman–Crippen MR) is 52.1 cm³/mol. The first-order chi connectivity index (χ1) is 6.36. The first kappa shape index (κ1) is 9.00. The molecule has 1 N–H and O–H groups in total. The lowest BCUT2D eigenvalue weighted by Crippen LogP contribution is -2.29. The first-order valence-corrected chi connectivity index (χ1v) is 5.30. The summed E-state index contributed by atoms with van der Waals surface area (Å²) >= 11 is 0. The maximum Gasteiger partial charge on any atom is 0.0983 e. The summed E-state index contributed by atoms with van der Waals surface area (Å²) in [5.74, 6) is 0.796. The molecule has 0 bridgehead atoms. The van der Waals surface area contributed by atoms with Crippen LogP contribution in [0.4, 0.5) is 0 Å². The lowest BCUT2D eigenvalue weighted by Gasteiger charge is -2.20. The van der Waals surface area contributed by atoms with Gasteiger partial charge in [-0.1, -0.05) is 0 Å². The van der Waals surface area contributed by atoms with Crippen molar-refractivity contribution < 1.29 is 4.74 Å². The molecule has 0 aromatic heterocycles. The molecule has 74 valence electrons. The summed E-state index contributed by atoms with van der Waals surface area (Å²) in [7, 11) is 0. The van der Waals surface area contributed by atoms with Gasteiger partial charge < -0.3 is 9.64 Å². The van der Waals surface area contributed by atoms with E-state index in [1.165, 1.54) is 19.3 Å². The van der Waals surface area contributed by atoms with E-state index in [2.05, 4.69) is 4.90 Å². The molecule has 0 aromatic rings. The molecule has 2 heterocycles. The number of hydrogen-bond acceptors (Lipinski definition) is 2. The van der Waals surface area contributed by atoms with Crippen LogP contribution in [-0.2, 0) is 4.74 Å². The molecular weight excluding hydrogens is 164 g/mol. The van der Waals surface area contributed by atoms with Crippen LogP contribution in [0.5, 0.6) is 0 Å². The van der Waals surface area contributed by atoms with E-state index < -0.39 is 0 Å². The highest BCUT2D eigenvalue weighted by Crippen LogP contribution is 2.18. The monoisotopic (exact) mass is 182 g/mol. The molecule has 0 saturated carbocycles. The Balaban J connectivity index is 1.76. The lowest BCUT2D eigenvalue weighted by atomic mass is 10.1. The zero-order chi connectivity index (χ0) is 9.10. The van der Waals surface area contributed by atoms with Crippen LogP contribution in [0.3, 0.4) is 0 Å². The van der Waals surface area contributed by atoms with Crippen LogP contribution in [0, 0.1) is 5.41 Å². The number of nitrogens with zero attached hydrogens (tertiary/aromatic N) is 1.